The van der Waals surface area contributed by atoms with Crippen LogP contribution in [0.5, 0.6) is 0 Å². The summed E-state index contributed by atoms with van der Waals surface area (Å²) in [4.78, 5) is 30.2. The van der Waals surface area contributed by atoms with E-state index in [9.17, 15) is 19.1 Å². The van der Waals surface area contributed by atoms with Gasteiger partial charge in [-0.2, -0.15) is 0 Å². The van der Waals surface area contributed by atoms with Gasteiger partial charge in [-0.05, 0) is 35.6 Å². The van der Waals surface area contributed by atoms with Gasteiger partial charge in [-0.3, -0.25) is 14.5 Å². The molecule has 1 aromatic heterocycles. The van der Waals surface area contributed by atoms with Crippen LogP contribution in [0.25, 0.3) is 0 Å². The molecule has 2 aliphatic heterocycles. The summed E-state index contributed by atoms with van der Waals surface area (Å²) in [6.07, 6.45) is 0.692. The fraction of sp³-hybridized carbons (Fsp3) is 0.364. The zero-order valence-electron chi connectivity index (χ0n) is 16.4. The number of rotatable bonds is 7. The smallest absolute Gasteiger partial charge is 0.290 e. The van der Waals surface area contributed by atoms with Gasteiger partial charge in [0.2, 0.25) is 5.78 Å². The van der Waals surface area contributed by atoms with Crippen LogP contribution in [0.15, 0.2) is 53.1 Å². The van der Waals surface area contributed by atoms with Gasteiger partial charge in [-0.25, -0.2) is 4.39 Å². The molecule has 158 valence electrons. The van der Waals surface area contributed by atoms with Crippen LogP contribution in [-0.2, 0) is 9.53 Å². The molecule has 0 aliphatic carbocycles. The maximum Gasteiger partial charge on any atom is 0.290 e. The van der Waals surface area contributed by atoms with Crippen LogP contribution in [0, 0.1) is 5.82 Å². The Bertz CT molecular complexity index is 937. The number of aliphatic hydroxyl groups is 1. The Morgan fingerprint density at radius 3 is 2.57 bits per heavy atom. The minimum atomic E-state index is -0.739. The maximum absolute atomic E-state index is 13.5. The first-order valence-electron chi connectivity index (χ1n) is 9.94. The molecule has 1 amide bonds. The zero-order chi connectivity index (χ0) is 21.1. The van der Waals surface area contributed by atoms with Crippen LogP contribution in [-0.4, -0.2) is 66.0 Å². The number of ketones is 1. The molecule has 8 heteroatoms. The van der Waals surface area contributed by atoms with Crippen molar-refractivity contribution in [3.8, 4) is 0 Å². The SMILES string of the molecule is O=C(C1=C(O)C(=O)N(CCCN2CCOCC2)[C@H]1c1ccc(F)cc1)c1cccs1. The van der Waals surface area contributed by atoms with E-state index >= 15 is 0 Å². The second-order valence-electron chi connectivity index (χ2n) is 7.33. The van der Waals surface area contributed by atoms with Crippen molar-refractivity contribution in [2.24, 2.45) is 0 Å². The normalized spacial score (nSPS) is 20.2. The predicted octanol–water partition coefficient (Wildman–Crippen LogP) is 3.19. The molecule has 0 bridgehead atoms. The number of nitrogens with zero attached hydrogens (tertiary/aromatic N) is 2. The van der Waals surface area contributed by atoms with Crippen molar-refractivity contribution in [3.63, 3.8) is 0 Å². The van der Waals surface area contributed by atoms with Crippen LogP contribution in [0.3, 0.4) is 0 Å². The third kappa shape index (κ3) is 4.16. The minimum absolute atomic E-state index is 0.0560. The lowest BCUT2D eigenvalue weighted by Crippen LogP contribution is -2.39. The number of benzene rings is 1. The molecule has 0 spiro atoms. The number of amides is 1. The Kier molecular flexibility index (Phi) is 6.26. The lowest BCUT2D eigenvalue weighted by Gasteiger charge is -2.30. The molecule has 6 nitrogen and oxygen atoms in total. The molecule has 2 aromatic rings. The minimum Gasteiger partial charge on any atom is -0.503 e. The molecule has 3 heterocycles. The Morgan fingerprint density at radius 2 is 1.90 bits per heavy atom. The number of thiophene rings is 1. The molecule has 1 atom stereocenters. The summed E-state index contributed by atoms with van der Waals surface area (Å²) in [6, 6.07) is 8.39. The third-order valence-electron chi connectivity index (χ3n) is 5.46. The van der Waals surface area contributed by atoms with Crippen molar-refractivity contribution in [3.05, 3.63) is 69.4 Å². The fourth-order valence-electron chi connectivity index (χ4n) is 3.94. The van der Waals surface area contributed by atoms with Gasteiger partial charge in [0.1, 0.15) is 5.82 Å². The number of carbonyl (C=O) groups excluding carboxylic acids is 2. The van der Waals surface area contributed by atoms with Gasteiger partial charge < -0.3 is 14.7 Å². The van der Waals surface area contributed by atoms with Crippen molar-refractivity contribution >= 4 is 23.0 Å². The van der Waals surface area contributed by atoms with Crippen molar-refractivity contribution in [1.29, 1.82) is 0 Å². The number of hydrogen-bond donors (Lipinski definition) is 1. The van der Waals surface area contributed by atoms with Gasteiger partial charge in [-0.1, -0.05) is 18.2 Å². The summed E-state index contributed by atoms with van der Waals surface area (Å²) in [6.45, 7) is 4.26. The van der Waals surface area contributed by atoms with Crippen LogP contribution in [0.4, 0.5) is 4.39 Å². The summed E-state index contributed by atoms with van der Waals surface area (Å²) in [5, 5.41) is 12.4. The van der Waals surface area contributed by atoms with E-state index in [1.807, 2.05) is 0 Å². The number of morpholine rings is 1. The Morgan fingerprint density at radius 1 is 1.17 bits per heavy atom. The van der Waals surface area contributed by atoms with E-state index in [2.05, 4.69) is 4.90 Å². The standard InChI is InChI=1S/C22H23FN2O4S/c23-16-6-4-15(5-7-16)19-18(20(26)17-3-1-14-30-17)21(27)22(28)25(19)9-2-8-24-10-12-29-13-11-24/h1,3-7,14,19,27H,2,8-13H2/t19-/m0/s1. The van der Waals surface area contributed by atoms with Gasteiger partial charge in [0.25, 0.3) is 5.91 Å². The summed E-state index contributed by atoms with van der Waals surface area (Å²) in [5.41, 5.74) is 0.653. The lowest BCUT2D eigenvalue weighted by atomic mass is 9.95. The summed E-state index contributed by atoms with van der Waals surface area (Å²) in [7, 11) is 0. The van der Waals surface area contributed by atoms with E-state index in [4.69, 9.17) is 4.74 Å². The molecule has 4 rings (SSSR count). The Labute approximate surface area is 178 Å². The molecule has 0 saturated carbocycles. The third-order valence-corrected chi connectivity index (χ3v) is 6.32. The van der Waals surface area contributed by atoms with E-state index in [0.717, 1.165) is 19.6 Å². The van der Waals surface area contributed by atoms with Crippen LogP contribution >= 0.6 is 11.3 Å². The molecule has 0 unspecified atom stereocenters. The van der Waals surface area contributed by atoms with E-state index in [1.165, 1.54) is 28.4 Å². The highest BCUT2D eigenvalue weighted by atomic mass is 32.1. The molecular weight excluding hydrogens is 407 g/mol. The van der Waals surface area contributed by atoms with Gasteiger partial charge >= 0.3 is 0 Å². The van der Waals surface area contributed by atoms with Crippen molar-refractivity contribution in [2.75, 3.05) is 39.4 Å². The molecule has 30 heavy (non-hydrogen) atoms. The number of ether oxygens (including phenoxy) is 1. The first-order chi connectivity index (χ1) is 14.6. The van der Waals surface area contributed by atoms with Crippen molar-refractivity contribution in [2.45, 2.75) is 12.5 Å². The largest absolute Gasteiger partial charge is 0.503 e. The first kappa shape index (κ1) is 20.7. The first-order valence-corrected chi connectivity index (χ1v) is 10.8. The predicted molar refractivity (Wildman–Crippen MR) is 111 cm³/mol. The molecule has 1 fully saturated rings. The summed E-state index contributed by atoms with van der Waals surface area (Å²) >= 11 is 1.26. The highest BCUT2D eigenvalue weighted by Crippen LogP contribution is 2.39. The molecule has 1 aromatic carbocycles. The summed E-state index contributed by atoms with van der Waals surface area (Å²) in [5.74, 6) is -1.86. The molecule has 2 aliphatic rings. The van der Waals surface area contributed by atoms with Gasteiger partial charge in [0.05, 0.1) is 29.7 Å². The maximum atomic E-state index is 13.5. The van der Waals surface area contributed by atoms with Crippen molar-refractivity contribution in [1.82, 2.24) is 9.80 Å². The molecule has 0 radical (unpaired) electrons. The molecule has 1 saturated heterocycles. The number of aliphatic hydroxyl groups excluding tert-OH is 1. The number of carbonyl (C=O) groups is 2. The van der Waals surface area contributed by atoms with Crippen LogP contribution < -0.4 is 0 Å². The van der Waals surface area contributed by atoms with Gasteiger partial charge in [0.15, 0.2) is 5.76 Å². The Balaban J connectivity index is 1.59. The quantitative estimate of drug-likeness (QED) is 0.684. The molecular formula is C22H23FN2O4S. The summed E-state index contributed by atoms with van der Waals surface area (Å²) < 4.78 is 18.8. The van der Waals surface area contributed by atoms with Gasteiger partial charge in [-0.15, -0.1) is 11.3 Å². The average molecular weight is 431 g/mol. The van der Waals surface area contributed by atoms with E-state index in [1.54, 1.807) is 29.6 Å². The lowest BCUT2D eigenvalue weighted by molar-refractivity contribution is -0.129. The van der Waals surface area contributed by atoms with E-state index in [0.29, 0.717) is 36.6 Å². The monoisotopic (exact) mass is 430 g/mol. The Hall–Kier alpha value is -2.55. The average Bonchev–Trinajstić information content (AvgIpc) is 3.38. The second kappa shape index (κ2) is 9.07. The topological polar surface area (TPSA) is 70.1 Å². The van der Waals surface area contributed by atoms with Crippen LogP contribution in [0.2, 0.25) is 0 Å². The molecule has 1 N–H and O–H groups in total. The number of hydrogen-bond acceptors (Lipinski definition) is 6. The highest BCUT2D eigenvalue weighted by Gasteiger charge is 2.43. The number of Topliss-reactive ketones (excluding diaryl/α,β-unsaturated/α-hetero) is 1. The van der Waals surface area contributed by atoms with Gasteiger partial charge in [0, 0.05) is 26.2 Å². The second-order valence-corrected chi connectivity index (χ2v) is 8.28. The van der Waals surface area contributed by atoms with E-state index < -0.39 is 23.5 Å². The fourth-order valence-corrected chi connectivity index (χ4v) is 4.62. The highest BCUT2D eigenvalue weighted by molar-refractivity contribution is 7.12. The zero-order valence-corrected chi connectivity index (χ0v) is 17.2. The number of halogens is 1. The van der Waals surface area contributed by atoms with E-state index in [-0.39, 0.29) is 11.4 Å². The van der Waals surface area contributed by atoms with Crippen molar-refractivity contribution < 1.29 is 23.8 Å². The van der Waals surface area contributed by atoms with Crippen LogP contribution in [0.1, 0.15) is 27.7 Å².